The van der Waals surface area contributed by atoms with Gasteiger partial charge in [-0.2, -0.15) is 0 Å². The maximum absolute atomic E-state index is 6.98. The molecule has 0 atom stereocenters. The number of rotatable bonds is 4. The van der Waals surface area contributed by atoms with E-state index in [1.54, 1.807) is 0 Å². The number of aromatic nitrogens is 2. The van der Waals surface area contributed by atoms with Crippen LogP contribution in [0.3, 0.4) is 0 Å². The van der Waals surface area contributed by atoms with Crippen molar-refractivity contribution in [3.05, 3.63) is 120 Å². The van der Waals surface area contributed by atoms with Crippen LogP contribution in [0.4, 0.5) is 0 Å². The van der Waals surface area contributed by atoms with E-state index in [0.717, 1.165) is 28.9 Å². The summed E-state index contributed by atoms with van der Waals surface area (Å²) < 4.78 is 18.8. The first-order chi connectivity index (χ1) is 26.7. The minimum absolute atomic E-state index is 0.485. The standard InChI is InChI=1S/C50H44N2O2/c1-51-47-33(30-15-4-2-5-16-30)22-14-23-35(47)38-27-32(50-46(48(38)51)37-21-10-13-26-42(37)54-50)29-52-40-24-11-8-19-34(40)39-28-43-45(36-20-9-12-25-41(36)53-43)44(49(39)52)31-17-6-3-7-18-31/h8-14,19-28,30-31H,2-7,15-18,29H2,1H3. The number of hydrogen-bond acceptors (Lipinski definition) is 2. The monoisotopic (exact) mass is 704 g/mol. The molecule has 12 rings (SSSR count). The van der Waals surface area contributed by atoms with Crippen LogP contribution >= 0.6 is 0 Å². The topological polar surface area (TPSA) is 36.1 Å². The first kappa shape index (κ1) is 30.9. The van der Waals surface area contributed by atoms with Gasteiger partial charge in [0.25, 0.3) is 0 Å². The van der Waals surface area contributed by atoms with Gasteiger partial charge >= 0.3 is 0 Å². The number of fused-ring (bicyclic) bond motifs is 13. The molecule has 2 saturated carbocycles. The lowest BCUT2D eigenvalue weighted by Crippen LogP contribution is -2.09. The fourth-order valence-corrected chi connectivity index (χ4v) is 11.2. The van der Waals surface area contributed by atoms with Gasteiger partial charge in [0.2, 0.25) is 0 Å². The highest BCUT2D eigenvalue weighted by molar-refractivity contribution is 6.25. The van der Waals surface area contributed by atoms with Gasteiger partial charge in [0, 0.05) is 55.8 Å². The van der Waals surface area contributed by atoms with Gasteiger partial charge in [0.05, 0.1) is 28.5 Å². The van der Waals surface area contributed by atoms with E-state index >= 15 is 0 Å². The Bertz CT molecular complexity index is 3120. The predicted octanol–water partition coefficient (Wildman–Crippen LogP) is 14.4. The van der Waals surface area contributed by atoms with Crippen molar-refractivity contribution in [2.75, 3.05) is 0 Å². The average Bonchev–Trinajstić information content (AvgIpc) is 3.96. The minimum atomic E-state index is 0.485. The van der Waals surface area contributed by atoms with Crippen LogP contribution in [0.1, 0.15) is 92.7 Å². The van der Waals surface area contributed by atoms with E-state index in [1.165, 1.54) is 146 Å². The largest absolute Gasteiger partial charge is 0.456 e. The van der Waals surface area contributed by atoms with Gasteiger partial charge in [-0.25, -0.2) is 0 Å². The molecule has 4 aromatic heterocycles. The summed E-state index contributed by atoms with van der Waals surface area (Å²) in [5.41, 5.74) is 13.5. The van der Waals surface area contributed by atoms with E-state index in [1.807, 2.05) is 0 Å². The smallest absolute Gasteiger partial charge is 0.142 e. The molecular weight excluding hydrogens is 661 g/mol. The lowest BCUT2D eigenvalue weighted by Gasteiger charge is -2.25. The Hall–Kier alpha value is -5.48. The Morgan fingerprint density at radius 2 is 1.15 bits per heavy atom. The Morgan fingerprint density at radius 3 is 1.93 bits per heavy atom. The van der Waals surface area contributed by atoms with Crippen LogP contribution in [0.5, 0.6) is 0 Å². The van der Waals surface area contributed by atoms with Crippen LogP contribution in [0.2, 0.25) is 0 Å². The highest BCUT2D eigenvalue weighted by atomic mass is 16.3. The predicted molar refractivity (Wildman–Crippen MR) is 225 cm³/mol. The molecule has 0 aliphatic heterocycles. The highest BCUT2D eigenvalue weighted by Gasteiger charge is 2.29. The van der Waals surface area contributed by atoms with Crippen molar-refractivity contribution in [3.8, 4) is 0 Å². The lowest BCUT2D eigenvalue weighted by atomic mass is 9.81. The van der Waals surface area contributed by atoms with Crippen LogP contribution in [-0.2, 0) is 13.6 Å². The zero-order chi connectivity index (χ0) is 35.5. The van der Waals surface area contributed by atoms with E-state index < -0.39 is 0 Å². The highest BCUT2D eigenvalue weighted by Crippen LogP contribution is 2.48. The number of furan rings is 2. The summed E-state index contributed by atoms with van der Waals surface area (Å²) in [6, 6.07) is 38.3. The summed E-state index contributed by atoms with van der Waals surface area (Å²) in [5, 5.41) is 10.2. The van der Waals surface area contributed by atoms with E-state index in [4.69, 9.17) is 8.83 Å². The van der Waals surface area contributed by atoms with Crippen LogP contribution in [0.25, 0.3) is 87.5 Å². The normalized spacial score (nSPS) is 16.5. The molecule has 2 aliphatic rings. The molecule has 0 amide bonds. The molecule has 6 aromatic carbocycles. The molecule has 0 unspecified atom stereocenters. The van der Waals surface area contributed by atoms with Gasteiger partial charge in [0.1, 0.15) is 22.3 Å². The van der Waals surface area contributed by atoms with Crippen molar-refractivity contribution < 1.29 is 8.83 Å². The summed E-state index contributed by atoms with van der Waals surface area (Å²) >= 11 is 0. The second-order valence-corrected chi connectivity index (χ2v) is 16.5. The minimum Gasteiger partial charge on any atom is -0.456 e. The van der Waals surface area contributed by atoms with Gasteiger partial charge in [-0.3, -0.25) is 0 Å². The van der Waals surface area contributed by atoms with Crippen molar-refractivity contribution >= 4 is 87.5 Å². The Morgan fingerprint density at radius 1 is 0.519 bits per heavy atom. The third-order valence-electron chi connectivity index (χ3n) is 13.5. The maximum atomic E-state index is 6.98. The fraction of sp³-hybridized carbons (Fsp3) is 0.280. The quantitative estimate of drug-likeness (QED) is 0.183. The first-order valence-corrected chi connectivity index (χ1v) is 20.4. The molecule has 266 valence electrons. The number of para-hydroxylation sites is 4. The number of aryl methyl sites for hydroxylation is 1. The second-order valence-electron chi connectivity index (χ2n) is 16.5. The van der Waals surface area contributed by atoms with E-state index in [9.17, 15) is 0 Å². The van der Waals surface area contributed by atoms with Gasteiger partial charge in [-0.15, -0.1) is 0 Å². The van der Waals surface area contributed by atoms with Crippen molar-refractivity contribution in [2.45, 2.75) is 82.6 Å². The lowest BCUT2D eigenvalue weighted by molar-refractivity contribution is 0.445. The van der Waals surface area contributed by atoms with E-state index in [-0.39, 0.29) is 0 Å². The van der Waals surface area contributed by atoms with Crippen molar-refractivity contribution in [1.82, 2.24) is 9.13 Å². The SMILES string of the molecule is Cn1c2c(C3CCCCC3)cccc2c2cc(Cn3c4ccccc4c4cc5oc6ccccc6c5c(C5CCCCC5)c43)c3oc4ccccc4c3c21. The molecule has 4 heterocycles. The van der Waals surface area contributed by atoms with Crippen LogP contribution in [0.15, 0.2) is 112 Å². The van der Waals surface area contributed by atoms with Gasteiger partial charge in [-0.1, -0.05) is 111 Å². The van der Waals surface area contributed by atoms with Gasteiger partial charge in [-0.05, 0) is 79.0 Å². The Kier molecular flexibility index (Phi) is 6.73. The summed E-state index contributed by atoms with van der Waals surface area (Å²) in [6.45, 7) is 0.718. The third kappa shape index (κ3) is 4.31. The summed E-state index contributed by atoms with van der Waals surface area (Å²) in [6.07, 6.45) is 12.9. The molecule has 0 bridgehead atoms. The third-order valence-corrected chi connectivity index (χ3v) is 13.5. The number of hydrogen-bond donors (Lipinski definition) is 0. The number of benzene rings is 6. The number of nitrogens with zero attached hydrogens (tertiary/aromatic N) is 2. The molecule has 4 nitrogen and oxygen atoms in total. The molecule has 4 heteroatoms. The average molecular weight is 705 g/mol. The van der Waals surface area contributed by atoms with Crippen LogP contribution in [0, 0.1) is 0 Å². The molecule has 0 N–H and O–H groups in total. The molecule has 54 heavy (non-hydrogen) atoms. The molecule has 2 aliphatic carbocycles. The van der Waals surface area contributed by atoms with Crippen molar-refractivity contribution in [1.29, 1.82) is 0 Å². The first-order valence-electron chi connectivity index (χ1n) is 20.4. The zero-order valence-corrected chi connectivity index (χ0v) is 31.0. The molecule has 10 aromatic rings. The molecular formula is C50H44N2O2. The van der Waals surface area contributed by atoms with Crippen molar-refractivity contribution in [3.63, 3.8) is 0 Å². The summed E-state index contributed by atoms with van der Waals surface area (Å²) in [5.74, 6) is 1.10. The maximum Gasteiger partial charge on any atom is 0.142 e. The van der Waals surface area contributed by atoms with Crippen molar-refractivity contribution in [2.24, 2.45) is 7.05 Å². The van der Waals surface area contributed by atoms with Crippen LogP contribution < -0.4 is 0 Å². The van der Waals surface area contributed by atoms with Crippen LogP contribution in [-0.4, -0.2) is 9.13 Å². The Balaban J connectivity index is 1.19. The fourth-order valence-electron chi connectivity index (χ4n) is 11.2. The molecule has 0 radical (unpaired) electrons. The summed E-state index contributed by atoms with van der Waals surface area (Å²) in [7, 11) is 2.29. The van der Waals surface area contributed by atoms with E-state index in [2.05, 4.69) is 119 Å². The zero-order valence-electron chi connectivity index (χ0n) is 31.0. The molecule has 2 fully saturated rings. The van der Waals surface area contributed by atoms with E-state index in [0.29, 0.717) is 11.8 Å². The Labute approximate surface area is 313 Å². The van der Waals surface area contributed by atoms with Gasteiger partial charge in [0.15, 0.2) is 0 Å². The summed E-state index contributed by atoms with van der Waals surface area (Å²) in [4.78, 5) is 0. The van der Waals surface area contributed by atoms with Gasteiger partial charge < -0.3 is 18.0 Å². The molecule has 0 spiro atoms. The second kappa shape index (κ2) is 11.8. The molecule has 0 saturated heterocycles.